The summed E-state index contributed by atoms with van der Waals surface area (Å²) in [7, 11) is 1.60. The number of carbonyl (C=O) groups is 1. The molecule has 0 aromatic carbocycles. The van der Waals surface area contributed by atoms with Crippen molar-refractivity contribution in [1.29, 1.82) is 0 Å². The van der Waals surface area contributed by atoms with Gasteiger partial charge < -0.3 is 15.4 Å². The van der Waals surface area contributed by atoms with Gasteiger partial charge in [-0.25, -0.2) is 0 Å². The Kier molecular flexibility index (Phi) is 5.80. The number of anilines is 1. The molecule has 1 fully saturated rings. The third-order valence-electron chi connectivity index (χ3n) is 3.56. The van der Waals surface area contributed by atoms with Crippen LogP contribution in [0.2, 0.25) is 0 Å². The molecule has 1 saturated carbocycles. The van der Waals surface area contributed by atoms with Gasteiger partial charge in [-0.15, -0.1) is 0 Å². The molecule has 1 aromatic rings. The lowest BCUT2D eigenvalue weighted by atomic mass is 9.98. The molecule has 0 radical (unpaired) electrons. The van der Waals surface area contributed by atoms with Crippen LogP contribution in [0.15, 0.2) is 18.3 Å². The number of hydrogen-bond donors (Lipinski definition) is 2. The number of nitrogens with one attached hydrogen (secondary N) is 2. The lowest BCUT2D eigenvalue weighted by Crippen LogP contribution is -2.21. The summed E-state index contributed by atoms with van der Waals surface area (Å²) in [4.78, 5) is 15.5. The second kappa shape index (κ2) is 7.85. The normalized spacial score (nSPS) is 15.8. The SMILES string of the molecule is CNC(=O)c1cc(NCCOC2CCCCC2)ccn1. The van der Waals surface area contributed by atoms with E-state index in [2.05, 4.69) is 15.6 Å². The zero-order valence-corrected chi connectivity index (χ0v) is 12.0. The fourth-order valence-electron chi connectivity index (χ4n) is 2.45. The van der Waals surface area contributed by atoms with Crippen LogP contribution in [-0.4, -0.2) is 37.2 Å². The van der Waals surface area contributed by atoms with Gasteiger partial charge >= 0.3 is 0 Å². The molecule has 0 bridgehead atoms. The molecule has 0 aliphatic heterocycles. The van der Waals surface area contributed by atoms with Crippen molar-refractivity contribution in [2.75, 3.05) is 25.5 Å². The number of rotatable bonds is 6. The standard InChI is InChI=1S/C15H23N3O2/c1-16-15(19)14-11-12(7-8-18-14)17-9-10-20-13-5-3-2-4-6-13/h7-8,11,13H,2-6,9-10H2,1H3,(H,16,19)(H,17,18). The number of carbonyl (C=O) groups excluding carboxylic acids is 1. The van der Waals surface area contributed by atoms with E-state index in [-0.39, 0.29) is 5.91 Å². The summed E-state index contributed by atoms with van der Waals surface area (Å²) in [5.74, 6) is -0.174. The third kappa shape index (κ3) is 4.49. The largest absolute Gasteiger partial charge is 0.383 e. The average molecular weight is 277 g/mol. The first kappa shape index (κ1) is 14.8. The highest BCUT2D eigenvalue weighted by atomic mass is 16.5. The predicted octanol–water partition coefficient (Wildman–Crippen LogP) is 2.20. The summed E-state index contributed by atoms with van der Waals surface area (Å²) in [5.41, 5.74) is 1.32. The smallest absolute Gasteiger partial charge is 0.269 e. The Bertz CT molecular complexity index is 431. The van der Waals surface area contributed by atoms with Gasteiger partial charge in [-0.1, -0.05) is 19.3 Å². The Morgan fingerprint density at radius 2 is 2.20 bits per heavy atom. The van der Waals surface area contributed by atoms with E-state index in [4.69, 9.17) is 4.74 Å². The molecule has 1 amide bonds. The van der Waals surface area contributed by atoms with Crippen molar-refractivity contribution in [3.05, 3.63) is 24.0 Å². The van der Waals surface area contributed by atoms with Crippen molar-refractivity contribution in [3.63, 3.8) is 0 Å². The lowest BCUT2D eigenvalue weighted by molar-refractivity contribution is 0.0347. The van der Waals surface area contributed by atoms with Gasteiger partial charge in [0.2, 0.25) is 0 Å². The molecule has 1 heterocycles. The van der Waals surface area contributed by atoms with E-state index in [9.17, 15) is 4.79 Å². The van der Waals surface area contributed by atoms with E-state index in [1.807, 2.05) is 6.07 Å². The molecule has 0 saturated heterocycles. The maximum absolute atomic E-state index is 11.5. The van der Waals surface area contributed by atoms with Gasteiger partial charge in [0, 0.05) is 25.5 Å². The number of aromatic nitrogens is 1. The summed E-state index contributed by atoms with van der Waals surface area (Å²) in [5, 5.41) is 5.82. The van der Waals surface area contributed by atoms with Gasteiger partial charge in [-0.05, 0) is 25.0 Å². The Hall–Kier alpha value is -1.62. The number of ether oxygens (including phenoxy) is 1. The van der Waals surface area contributed by atoms with Crippen LogP contribution in [0.25, 0.3) is 0 Å². The highest BCUT2D eigenvalue weighted by Crippen LogP contribution is 2.20. The minimum Gasteiger partial charge on any atom is -0.383 e. The fourth-order valence-corrected chi connectivity index (χ4v) is 2.45. The van der Waals surface area contributed by atoms with Gasteiger partial charge in [0.25, 0.3) is 5.91 Å². The summed E-state index contributed by atoms with van der Waals surface area (Å²) in [6.07, 6.45) is 8.37. The van der Waals surface area contributed by atoms with E-state index in [1.54, 1.807) is 19.3 Å². The second-order valence-electron chi connectivity index (χ2n) is 5.07. The molecular formula is C15H23N3O2. The van der Waals surface area contributed by atoms with Gasteiger partial charge in [-0.2, -0.15) is 0 Å². The molecule has 20 heavy (non-hydrogen) atoms. The zero-order chi connectivity index (χ0) is 14.2. The molecule has 5 heteroatoms. The van der Waals surface area contributed by atoms with Crippen molar-refractivity contribution in [2.45, 2.75) is 38.2 Å². The predicted molar refractivity (Wildman–Crippen MR) is 78.9 cm³/mol. The van der Waals surface area contributed by atoms with Crippen LogP contribution in [0.5, 0.6) is 0 Å². The molecule has 0 atom stereocenters. The Morgan fingerprint density at radius 3 is 2.95 bits per heavy atom. The molecule has 2 N–H and O–H groups in total. The van der Waals surface area contributed by atoms with Gasteiger partial charge in [0.1, 0.15) is 5.69 Å². The molecule has 0 unspecified atom stereocenters. The van der Waals surface area contributed by atoms with Crippen LogP contribution in [0, 0.1) is 0 Å². The number of pyridine rings is 1. The number of nitrogens with zero attached hydrogens (tertiary/aromatic N) is 1. The van der Waals surface area contributed by atoms with E-state index in [1.165, 1.54) is 32.1 Å². The highest BCUT2D eigenvalue weighted by molar-refractivity contribution is 5.92. The van der Waals surface area contributed by atoms with Crippen LogP contribution in [0.4, 0.5) is 5.69 Å². The van der Waals surface area contributed by atoms with Gasteiger partial charge in [-0.3, -0.25) is 9.78 Å². The van der Waals surface area contributed by atoms with E-state index in [0.717, 1.165) is 12.2 Å². The molecule has 1 aliphatic rings. The summed E-state index contributed by atoms with van der Waals surface area (Å²) < 4.78 is 5.85. The fraction of sp³-hybridized carbons (Fsp3) is 0.600. The van der Waals surface area contributed by atoms with Crippen LogP contribution >= 0.6 is 0 Å². The van der Waals surface area contributed by atoms with E-state index in [0.29, 0.717) is 18.4 Å². The molecular weight excluding hydrogens is 254 g/mol. The molecule has 2 rings (SSSR count). The maximum atomic E-state index is 11.5. The summed E-state index contributed by atoms with van der Waals surface area (Å²) >= 11 is 0. The third-order valence-corrected chi connectivity index (χ3v) is 3.56. The molecule has 5 nitrogen and oxygen atoms in total. The molecule has 1 aliphatic carbocycles. The zero-order valence-electron chi connectivity index (χ0n) is 12.0. The van der Waals surface area contributed by atoms with Crippen LogP contribution in [-0.2, 0) is 4.74 Å². The summed E-state index contributed by atoms with van der Waals surface area (Å²) in [6.45, 7) is 1.44. The quantitative estimate of drug-likeness (QED) is 0.783. The van der Waals surface area contributed by atoms with Crippen LogP contribution in [0.1, 0.15) is 42.6 Å². The van der Waals surface area contributed by atoms with Gasteiger partial charge in [0.15, 0.2) is 0 Å². The van der Waals surface area contributed by atoms with Crippen LogP contribution < -0.4 is 10.6 Å². The van der Waals surface area contributed by atoms with Crippen LogP contribution in [0.3, 0.4) is 0 Å². The topological polar surface area (TPSA) is 63.2 Å². The van der Waals surface area contributed by atoms with E-state index < -0.39 is 0 Å². The van der Waals surface area contributed by atoms with Crippen molar-refractivity contribution >= 4 is 11.6 Å². The summed E-state index contributed by atoms with van der Waals surface area (Å²) in [6, 6.07) is 3.60. The highest BCUT2D eigenvalue weighted by Gasteiger charge is 2.13. The monoisotopic (exact) mass is 277 g/mol. The first-order chi connectivity index (χ1) is 9.79. The van der Waals surface area contributed by atoms with Gasteiger partial charge in [0.05, 0.1) is 12.7 Å². The minimum absolute atomic E-state index is 0.174. The van der Waals surface area contributed by atoms with Crippen molar-refractivity contribution in [3.8, 4) is 0 Å². The maximum Gasteiger partial charge on any atom is 0.269 e. The number of hydrogen-bond acceptors (Lipinski definition) is 4. The van der Waals surface area contributed by atoms with Crippen molar-refractivity contribution in [1.82, 2.24) is 10.3 Å². The molecule has 1 aromatic heterocycles. The Balaban J connectivity index is 1.72. The first-order valence-corrected chi connectivity index (χ1v) is 7.33. The second-order valence-corrected chi connectivity index (χ2v) is 5.07. The van der Waals surface area contributed by atoms with Crippen molar-refractivity contribution in [2.24, 2.45) is 0 Å². The van der Waals surface area contributed by atoms with E-state index >= 15 is 0 Å². The average Bonchev–Trinajstić information content (AvgIpc) is 2.52. The Morgan fingerprint density at radius 1 is 1.40 bits per heavy atom. The molecule has 0 spiro atoms. The molecule has 110 valence electrons. The minimum atomic E-state index is -0.174. The Labute approximate surface area is 120 Å². The number of amides is 1. The van der Waals surface area contributed by atoms with Crippen molar-refractivity contribution < 1.29 is 9.53 Å². The lowest BCUT2D eigenvalue weighted by Gasteiger charge is -2.22. The first-order valence-electron chi connectivity index (χ1n) is 7.33.